The van der Waals surface area contributed by atoms with Crippen molar-refractivity contribution in [2.24, 2.45) is 7.05 Å². The molecule has 0 bridgehead atoms. The molecule has 0 aliphatic rings. The fourth-order valence-corrected chi connectivity index (χ4v) is 3.72. The molecule has 2 heterocycles. The number of halogens is 1. The lowest BCUT2D eigenvalue weighted by Crippen LogP contribution is -2.45. The van der Waals surface area contributed by atoms with E-state index in [-0.39, 0.29) is 12.2 Å². The Labute approximate surface area is 195 Å². The van der Waals surface area contributed by atoms with Crippen molar-refractivity contribution in [3.05, 3.63) is 86.0 Å². The zero-order valence-electron chi connectivity index (χ0n) is 19.0. The summed E-state index contributed by atoms with van der Waals surface area (Å²) in [6.45, 7) is 5.81. The molecule has 0 atom stereocenters. The molecule has 3 aromatic rings. The molecule has 0 aliphatic heterocycles. The SMILES string of the molecule is CC(=O)OC(C)(C)C(=O)n1nc(Cc2cc(C)c(C(=O)c3ccc(Cl)cc3)n2C)ccc1=O. The molecule has 0 fully saturated rings. The summed E-state index contributed by atoms with van der Waals surface area (Å²) in [7, 11) is 1.77. The van der Waals surface area contributed by atoms with E-state index in [1.165, 1.54) is 32.9 Å². The first-order valence-corrected chi connectivity index (χ1v) is 10.6. The van der Waals surface area contributed by atoms with Crippen LogP contribution < -0.4 is 5.56 Å². The highest BCUT2D eigenvalue weighted by atomic mass is 35.5. The Bertz CT molecular complexity index is 1300. The predicted molar refractivity (Wildman–Crippen MR) is 123 cm³/mol. The van der Waals surface area contributed by atoms with Crippen LogP contribution in [0.15, 0.2) is 47.3 Å². The van der Waals surface area contributed by atoms with Gasteiger partial charge in [-0.05, 0) is 62.7 Å². The number of ether oxygens (including phenoxy) is 1. The third kappa shape index (κ3) is 5.12. The largest absolute Gasteiger partial charge is 0.450 e. The quantitative estimate of drug-likeness (QED) is 0.405. The molecular weight excluding hydrogens is 446 g/mol. The minimum absolute atomic E-state index is 0.144. The van der Waals surface area contributed by atoms with Crippen molar-refractivity contribution >= 4 is 29.3 Å². The van der Waals surface area contributed by atoms with Crippen molar-refractivity contribution in [3.8, 4) is 0 Å². The van der Waals surface area contributed by atoms with Crippen LogP contribution in [-0.4, -0.2) is 37.6 Å². The first-order valence-electron chi connectivity index (χ1n) is 10.2. The summed E-state index contributed by atoms with van der Waals surface area (Å²) < 4.78 is 7.52. The van der Waals surface area contributed by atoms with Crippen molar-refractivity contribution in [2.75, 3.05) is 0 Å². The highest BCUT2D eigenvalue weighted by Crippen LogP contribution is 2.21. The number of rotatable bonds is 6. The Morgan fingerprint density at radius 3 is 2.33 bits per heavy atom. The predicted octanol–water partition coefficient (Wildman–Crippen LogP) is 3.35. The van der Waals surface area contributed by atoms with Crippen LogP contribution in [0.4, 0.5) is 0 Å². The average Bonchev–Trinajstić information content (AvgIpc) is 3.01. The van der Waals surface area contributed by atoms with Crippen LogP contribution in [0.1, 0.15) is 58.6 Å². The Morgan fingerprint density at radius 1 is 1.09 bits per heavy atom. The number of aromatic nitrogens is 3. The molecule has 0 saturated heterocycles. The van der Waals surface area contributed by atoms with Crippen LogP contribution in [-0.2, 0) is 23.0 Å². The summed E-state index contributed by atoms with van der Waals surface area (Å²) in [6, 6.07) is 11.3. The Balaban J connectivity index is 1.93. The van der Waals surface area contributed by atoms with E-state index in [9.17, 15) is 19.2 Å². The Morgan fingerprint density at radius 2 is 1.73 bits per heavy atom. The number of nitrogens with zero attached hydrogens (tertiary/aromatic N) is 3. The van der Waals surface area contributed by atoms with Gasteiger partial charge in [0.1, 0.15) is 0 Å². The maximum atomic E-state index is 13.0. The van der Waals surface area contributed by atoms with Crippen LogP contribution in [0.2, 0.25) is 5.02 Å². The van der Waals surface area contributed by atoms with E-state index in [2.05, 4.69) is 5.10 Å². The van der Waals surface area contributed by atoms with Gasteiger partial charge < -0.3 is 9.30 Å². The molecule has 0 aliphatic carbocycles. The number of ketones is 1. The maximum absolute atomic E-state index is 13.0. The molecule has 1 aromatic carbocycles. The normalized spacial score (nSPS) is 11.3. The highest BCUT2D eigenvalue weighted by Gasteiger charge is 2.34. The minimum atomic E-state index is -1.55. The van der Waals surface area contributed by atoms with Crippen LogP contribution in [0, 0.1) is 6.92 Å². The van der Waals surface area contributed by atoms with Gasteiger partial charge in [0, 0.05) is 42.7 Å². The highest BCUT2D eigenvalue weighted by molar-refractivity contribution is 6.30. The second-order valence-corrected chi connectivity index (χ2v) is 8.66. The molecule has 172 valence electrons. The third-order valence-corrected chi connectivity index (χ3v) is 5.42. The van der Waals surface area contributed by atoms with Gasteiger partial charge in [0.2, 0.25) is 5.78 Å². The average molecular weight is 470 g/mol. The minimum Gasteiger partial charge on any atom is -0.450 e. The van der Waals surface area contributed by atoms with Gasteiger partial charge in [-0.2, -0.15) is 9.78 Å². The van der Waals surface area contributed by atoms with Gasteiger partial charge in [-0.15, -0.1) is 0 Å². The van der Waals surface area contributed by atoms with Gasteiger partial charge in [-0.25, -0.2) is 0 Å². The second kappa shape index (κ2) is 9.15. The fourth-order valence-electron chi connectivity index (χ4n) is 3.59. The van der Waals surface area contributed by atoms with Gasteiger partial charge in [0.15, 0.2) is 5.60 Å². The third-order valence-electron chi connectivity index (χ3n) is 5.17. The molecular formula is C24H24ClN3O5. The van der Waals surface area contributed by atoms with Crippen molar-refractivity contribution in [1.29, 1.82) is 0 Å². The summed E-state index contributed by atoms with van der Waals surface area (Å²) in [5.74, 6) is -1.55. The van der Waals surface area contributed by atoms with E-state index in [0.29, 0.717) is 26.7 Å². The Kier molecular flexibility index (Phi) is 6.69. The summed E-state index contributed by atoms with van der Waals surface area (Å²) in [5.41, 5.74) is 0.842. The van der Waals surface area contributed by atoms with E-state index >= 15 is 0 Å². The molecule has 33 heavy (non-hydrogen) atoms. The van der Waals surface area contributed by atoms with Crippen LogP contribution in [0.25, 0.3) is 0 Å². The Hall–Kier alpha value is -3.52. The van der Waals surface area contributed by atoms with Gasteiger partial charge in [0.25, 0.3) is 11.5 Å². The number of hydrogen-bond donors (Lipinski definition) is 0. The van der Waals surface area contributed by atoms with Crippen LogP contribution >= 0.6 is 11.6 Å². The molecule has 0 spiro atoms. The lowest BCUT2D eigenvalue weighted by Gasteiger charge is -2.22. The van der Waals surface area contributed by atoms with Crippen molar-refractivity contribution in [1.82, 2.24) is 14.3 Å². The zero-order chi connectivity index (χ0) is 24.5. The summed E-state index contributed by atoms with van der Waals surface area (Å²) >= 11 is 5.92. The second-order valence-electron chi connectivity index (χ2n) is 8.22. The summed E-state index contributed by atoms with van der Waals surface area (Å²) in [5, 5.41) is 4.73. The molecule has 0 N–H and O–H groups in total. The van der Waals surface area contributed by atoms with Gasteiger partial charge in [-0.1, -0.05) is 11.6 Å². The smallest absolute Gasteiger partial charge is 0.303 e. The number of carbonyl (C=O) groups excluding carboxylic acids is 3. The maximum Gasteiger partial charge on any atom is 0.303 e. The molecule has 3 rings (SSSR count). The molecule has 0 saturated carbocycles. The zero-order valence-corrected chi connectivity index (χ0v) is 19.8. The number of benzene rings is 1. The first-order chi connectivity index (χ1) is 15.4. The molecule has 8 nitrogen and oxygen atoms in total. The molecule has 2 aromatic heterocycles. The molecule has 0 unspecified atom stereocenters. The summed E-state index contributed by atoms with van der Waals surface area (Å²) in [6.07, 6.45) is 0.271. The van der Waals surface area contributed by atoms with Gasteiger partial charge in [0.05, 0.1) is 11.4 Å². The lowest BCUT2D eigenvalue weighted by molar-refractivity contribution is -0.150. The lowest BCUT2D eigenvalue weighted by atomic mass is 10.1. The van der Waals surface area contributed by atoms with Gasteiger partial charge >= 0.3 is 5.97 Å². The van der Waals surface area contributed by atoms with E-state index in [4.69, 9.17) is 16.3 Å². The van der Waals surface area contributed by atoms with Gasteiger partial charge in [-0.3, -0.25) is 19.2 Å². The van der Waals surface area contributed by atoms with E-state index < -0.39 is 23.0 Å². The standard InChI is InChI=1S/C24H24ClN3O5/c1-14-12-19(27(5)21(14)22(31)16-6-8-17(25)9-7-16)13-18-10-11-20(30)28(26-18)23(32)24(3,4)33-15(2)29/h6-12H,13H2,1-5H3. The van der Waals surface area contributed by atoms with Crippen molar-refractivity contribution < 1.29 is 19.1 Å². The molecule has 0 amide bonds. The number of hydrogen-bond acceptors (Lipinski definition) is 6. The first kappa shape index (κ1) is 24.1. The molecule has 9 heteroatoms. The number of esters is 1. The van der Waals surface area contributed by atoms with Crippen LogP contribution in [0.5, 0.6) is 0 Å². The number of aryl methyl sites for hydroxylation is 1. The van der Waals surface area contributed by atoms with Crippen molar-refractivity contribution in [2.45, 2.75) is 39.7 Å². The van der Waals surface area contributed by atoms with E-state index in [1.54, 1.807) is 35.9 Å². The van der Waals surface area contributed by atoms with Crippen molar-refractivity contribution in [3.63, 3.8) is 0 Å². The topological polar surface area (TPSA) is 100 Å². The van der Waals surface area contributed by atoms with E-state index in [1.807, 2.05) is 13.0 Å². The number of carbonyl (C=O) groups is 3. The summed E-state index contributed by atoms with van der Waals surface area (Å²) in [4.78, 5) is 49.4. The fraction of sp³-hybridized carbons (Fsp3) is 0.292. The molecule has 0 radical (unpaired) electrons. The van der Waals surface area contributed by atoms with E-state index in [0.717, 1.165) is 11.3 Å². The van der Waals surface area contributed by atoms with Crippen LogP contribution in [0.3, 0.4) is 0 Å². The monoisotopic (exact) mass is 469 g/mol.